The summed E-state index contributed by atoms with van der Waals surface area (Å²) in [5.41, 5.74) is 2.59. The second-order valence-corrected chi connectivity index (χ2v) is 5.20. The molecule has 0 saturated carbocycles. The highest BCUT2D eigenvalue weighted by atomic mass is 16.5. The summed E-state index contributed by atoms with van der Waals surface area (Å²) in [6.07, 6.45) is 4.88. The minimum absolute atomic E-state index is 0.373. The number of pyridine rings is 1. The molecule has 19 heavy (non-hydrogen) atoms. The Kier molecular flexibility index (Phi) is 3.29. The zero-order chi connectivity index (χ0) is 13.2. The first-order chi connectivity index (χ1) is 9.22. The van der Waals surface area contributed by atoms with Gasteiger partial charge in [-0.2, -0.15) is 4.98 Å². The highest BCUT2D eigenvalue weighted by molar-refractivity contribution is 5.21. The number of aryl methyl sites for hydroxylation is 2. The van der Waals surface area contributed by atoms with E-state index in [9.17, 15) is 0 Å². The van der Waals surface area contributed by atoms with Gasteiger partial charge in [-0.1, -0.05) is 5.16 Å². The average molecular weight is 258 g/mol. The van der Waals surface area contributed by atoms with Crippen molar-refractivity contribution in [3.8, 4) is 0 Å². The molecule has 5 heteroatoms. The van der Waals surface area contributed by atoms with Crippen LogP contribution in [0.4, 0.5) is 0 Å². The van der Waals surface area contributed by atoms with Crippen molar-refractivity contribution in [3.05, 3.63) is 41.3 Å². The number of hydrogen-bond acceptors (Lipinski definition) is 5. The molecule has 0 amide bonds. The van der Waals surface area contributed by atoms with Crippen LogP contribution in [0.15, 0.2) is 23.0 Å². The number of likely N-dealkylation sites (tertiary alicyclic amines) is 1. The molecule has 1 aliphatic heterocycles. The molecule has 5 nitrogen and oxygen atoms in total. The average Bonchev–Trinajstić information content (AvgIpc) is 3.01. The van der Waals surface area contributed by atoms with E-state index < -0.39 is 0 Å². The summed E-state index contributed by atoms with van der Waals surface area (Å²) in [4.78, 5) is 11.0. The lowest BCUT2D eigenvalue weighted by molar-refractivity contribution is 0.308. The fourth-order valence-electron chi connectivity index (χ4n) is 2.56. The van der Waals surface area contributed by atoms with Crippen LogP contribution >= 0.6 is 0 Å². The molecule has 0 aliphatic carbocycles. The molecule has 3 rings (SSSR count). The van der Waals surface area contributed by atoms with Gasteiger partial charge in [0.05, 0.1) is 5.92 Å². The summed E-state index contributed by atoms with van der Waals surface area (Å²) in [5.74, 6) is 1.87. The van der Waals surface area contributed by atoms with Gasteiger partial charge in [0, 0.05) is 25.5 Å². The van der Waals surface area contributed by atoms with Crippen LogP contribution in [0.5, 0.6) is 0 Å². The fourth-order valence-corrected chi connectivity index (χ4v) is 2.56. The lowest BCUT2D eigenvalue weighted by atomic mass is 10.1. The smallest absolute Gasteiger partial charge is 0.231 e. The van der Waals surface area contributed by atoms with E-state index in [4.69, 9.17) is 4.52 Å². The van der Waals surface area contributed by atoms with E-state index in [1.54, 1.807) is 0 Å². The predicted molar refractivity (Wildman–Crippen MR) is 70.6 cm³/mol. The van der Waals surface area contributed by atoms with Crippen molar-refractivity contribution in [3.63, 3.8) is 0 Å². The molecule has 2 aromatic heterocycles. The van der Waals surface area contributed by atoms with Crippen molar-refractivity contribution in [1.29, 1.82) is 0 Å². The highest BCUT2D eigenvalue weighted by Gasteiger charge is 2.28. The number of nitrogens with zero attached hydrogens (tertiary/aromatic N) is 4. The zero-order valence-electron chi connectivity index (χ0n) is 11.3. The fraction of sp³-hybridized carbons (Fsp3) is 0.500. The largest absolute Gasteiger partial charge is 0.339 e. The van der Waals surface area contributed by atoms with Gasteiger partial charge in [-0.05, 0) is 44.0 Å². The molecule has 1 saturated heterocycles. The van der Waals surface area contributed by atoms with E-state index in [2.05, 4.69) is 33.0 Å². The molecule has 3 heterocycles. The van der Waals surface area contributed by atoms with Gasteiger partial charge in [-0.3, -0.25) is 9.88 Å². The van der Waals surface area contributed by atoms with Crippen molar-refractivity contribution in [1.82, 2.24) is 20.0 Å². The molecular weight excluding hydrogens is 240 g/mol. The number of hydrogen-bond donors (Lipinski definition) is 0. The van der Waals surface area contributed by atoms with Crippen LogP contribution in [0.2, 0.25) is 0 Å². The Morgan fingerprint density at radius 3 is 3.05 bits per heavy atom. The van der Waals surface area contributed by atoms with Crippen molar-refractivity contribution >= 4 is 0 Å². The molecule has 2 aromatic rings. The molecule has 0 unspecified atom stereocenters. The third kappa shape index (κ3) is 2.66. The van der Waals surface area contributed by atoms with Crippen LogP contribution in [0.3, 0.4) is 0 Å². The second-order valence-electron chi connectivity index (χ2n) is 5.20. The SMILES string of the molecule is Cc1noc([C@H]2CCN(Cc3cnccc3C)C2)n1. The molecule has 0 radical (unpaired) electrons. The Bertz CT molecular complexity index is 566. The van der Waals surface area contributed by atoms with Gasteiger partial charge in [0.15, 0.2) is 5.82 Å². The summed E-state index contributed by atoms with van der Waals surface area (Å²) in [5, 5.41) is 3.87. The van der Waals surface area contributed by atoms with E-state index in [1.807, 2.05) is 19.3 Å². The van der Waals surface area contributed by atoms with Crippen LogP contribution < -0.4 is 0 Å². The maximum atomic E-state index is 5.27. The molecule has 0 spiro atoms. The predicted octanol–water partition coefficient (Wildman–Crippen LogP) is 2.07. The quantitative estimate of drug-likeness (QED) is 0.843. The van der Waals surface area contributed by atoms with Gasteiger partial charge in [-0.25, -0.2) is 0 Å². The van der Waals surface area contributed by atoms with Gasteiger partial charge < -0.3 is 4.52 Å². The van der Waals surface area contributed by atoms with Gasteiger partial charge in [0.2, 0.25) is 5.89 Å². The van der Waals surface area contributed by atoms with Crippen LogP contribution in [0.1, 0.15) is 35.2 Å². The summed E-state index contributed by atoms with van der Waals surface area (Å²) in [6, 6.07) is 2.06. The van der Waals surface area contributed by atoms with E-state index in [0.29, 0.717) is 5.92 Å². The van der Waals surface area contributed by atoms with E-state index in [0.717, 1.165) is 37.8 Å². The van der Waals surface area contributed by atoms with Crippen LogP contribution in [-0.2, 0) is 6.54 Å². The van der Waals surface area contributed by atoms with Crippen molar-refractivity contribution in [2.24, 2.45) is 0 Å². The molecule has 0 N–H and O–H groups in total. The Morgan fingerprint density at radius 1 is 1.42 bits per heavy atom. The van der Waals surface area contributed by atoms with Gasteiger partial charge in [-0.15, -0.1) is 0 Å². The normalized spacial score (nSPS) is 20.0. The summed E-state index contributed by atoms with van der Waals surface area (Å²) >= 11 is 0. The maximum absolute atomic E-state index is 5.27. The molecule has 0 aromatic carbocycles. The lowest BCUT2D eigenvalue weighted by Gasteiger charge is -2.16. The summed E-state index contributed by atoms with van der Waals surface area (Å²) in [6.45, 7) is 6.99. The molecule has 1 fully saturated rings. The second kappa shape index (κ2) is 5.09. The summed E-state index contributed by atoms with van der Waals surface area (Å²) < 4.78 is 5.27. The third-order valence-electron chi connectivity index (χ3n) is 3.71. The topological polar surface area (TPSA) is 55.1 Å². The van der Waals surface area contributed by atoms with Crippen LogP contribution in [0, 0.1) is 13.8 Å². The van der Waals surface area contributed by atoms with Crippen LogP contribution in [0.25, 0.3) is 0 Å². The van der Waals surface area contributed by atoms with Crippen molar-refractivity contribution in [2.45, 2.75) is 32.7 Å². The molecule has 0 bridgehead atoms. The molecule has 100 valence electrons. The Hall–Kier alpha value is -1.75. The highest BCUT2D eigenvalue weighted by Crippen LogP contribution is 2.27. The van der Waals surface area contributed by atoms with E-state index >= 15 is 0 Å². The first kappa shape index (κ1) is 12.3. The standard InChI is InChI=1S/C14H18N4O/c1-10-3-5-15-7-13(10)9-18-6-4-12(8-18)14-16-11(2)17-19-14/h3,5,7,12H,4,6,8-9H2,1-2H3/t12-/m0/s1. The number of rotatable bonds is 3. The summed E-state index contributed by atoms with van der Waals surface area (Å²) in [7, 11) is 0. The monoisotopic (exact) mass is 258 g/mol. The minimum Gasteiger partial charge on any atom is -0.339 e. The van der Waals surface area contributed by atoms with Crippen molar-refractivity contribution < 1.29 is 4.52 Å². The first-order valence-corrected chi connectivity index (χ1v) is 6.64. The van der Waals surface area contributed by atoms with E-state index in [-0.39, 0.29) is 0 Å². The van der Waals surface area contributed by atoms with Crippen molar-refractivity contribution in [2.75, 3.05) is 13.1 Å². The lowest BCUT2D eigenvalue weighted by Crippen LogP contribution is -2.20. The van der Waals surface area contributed by atoms with Crippen LogP contribution in [-0.4, -0.2) is 33.1 Å². The Labute approximate surface area is 112 Å². The van der Waals surface area contributed by atoms with Gasteiger partial charge in [0.1, 0.15) is 0 Å². The molecule has 1 aliphatic rings. The first-order valence-electron chi connectivity index (χ1n) is 6.64. The van der Waals surface area contributed by atoms with Gasteiger partial charge >= 0.3 is 0 Å². The Balaban J connectivity index is 1.65. The van der Waals surface area contributed by atoms with E-state index in [1.165, 1.54) is 11.1 Å². The number of aromatic nitrogens is 3. The Morgan fingerprint density at radius 2 is 2.32 bits per heavy atom. The zero-order valence-corrected chi connectivity index (χ0v) is 11.3. The minimum atomic E-state index is 0.373. The molecular formula is C14H18N4O. The van der Waals surface area contributed by atoms with Gasteiger partial charge in [0.25, 0.3) is 0 Å². The maximum Gasteiger partial charge on any atom is 0.231 e. The molecule has 1 atom stereocenters. The third-order valence-corrected chi connectivity index (χ3v) is 3.71.